The molecule has 0 amide bonds. The van der Waals surface area contributed by atoms with E-state index < -0.39 is 0 Å². The van der Waals surface area contributed by atoms with E-state index in [1.807, 2.05) is 6.08 Å². The lowest BCUT2D eigenvalue weighted by atomic mass is 10.1. The first-order valence-electron chi connectivity index (χ1n) is 5.13. The third-order valence-corrected chi connectivity index (χ3v) is 1.96. The van der Waals surface area contributed by atoms with Crippen molar-refractivity contribution >= 4 is 6.08 Å². The fourth-order valence-electron chi connectivity index (χ4n) is 1.20. The van der Waals surface area contributed by atoms with E-state index in [0.29, 0.717) is 0 Å². The molecule has 0 bridgehead atoms. The number of allylic oxidation sites excluding steroid dienone is 1. The maximum atomic E-state index is 9.67. The summed E-state index contributed by atoms with van der Waals surface area (Å²) in [6.07, 6.45) is 13.8. The van der Waals surface area contributed by atoms with Crippen LogP contribution in [0.25, 0.3) is 0 Å². The SMILES string of the molecule is CCCCCCCCC=CN=C=O. The van der Waals surface area contributed by atoms with Crippen molar-refractivity contribution in [2.75, 3.05) is 0 Å². The summed E-state index contributed by atoms with van der Waals surface area (Å²) in [5, 5.41) is 0. The molecular weight excluding hydrogens is 162 g/mol. The topological polar surface area (TPSA) is 29.4 Å². The molecule has 0 saturated heterocycles. The van der Waals surface area contributed by atoms with Gasteiger partial charge >= 0.3 is 0 Å². The number of hydrogen-bond donors (Lipinski definition) is 0. The molecule has 0 aliphatic heterocycles. The van der Waals surface area contributed by atoms with Crippen molar-refractivity contribution in [1.29, 1.82) is 0 Å². The summed E-state index contributed by atoms with van der Waals surface area (Å²) in [5.41, 5.74) is 0. The smallest absolute Gasteiger partial charge is 0.211 e. The van der Waals surface area contributed by atoms with Crippen LogP contribution in [0.15, 0.2) is 17.3 Å². The molecule has 0 aromatic carbocycles. The number of isocyanates is 1. The molecule has 0 aliphatic carbocycles. The highest BCUT2D eigenvalue weighted by Gasteiger charge is 1.87. The van der Waals surface area contributed by atoms with Crippen molar-refractivity contribution in [1.82, 2.24) is 0 Å². The van der Waals surface area contributed by atoms with Gasteiger partial charge in [0.05, 0.1) is 0 Å². The van der Waals surface area contributed by atoms with Crippen molar-refractivity contribution in [2.45, 2.75) is 51.9 Å². The molecule has 13 heavy (non-hydrogen) atoms. The molecule has 0 rings (SSSR count). The Morgan fingerprint density at radius 2 is 1.85 bits per heavy atom. The molecule has 0 spiro atoms. The quantitative estimate of drug-likeness (QED) is 0.319. The second-order valence-electron chi connectivity index (χ2n) is 3.16. The highest BCUT2D eigenvalue weighted by molar-refractivity contribution is 5.34. The van der Waals surface area contributed by atoms with Gasteiger partial charge in [0.25, 0.3) is 0 Å². The lowest BCUT2D eigenvalue weighted by Crippen LogP contribution is -1.77. The highest BCUT2D eigenvalue weighted by Crippen LogP contribution is 2.06. The number of nitrogens with zero attached hydrogens (tertiary/aromatic N) is 1. The average Bonchev–Trinajstić information content (AvgIpc) is 2.16. The minimum atomic E-state index is 1.03. The Labute approximate surface area is 80.8 Å². The van der Waals surface area contributed by atoms with Gasteiger partial charge in [-0.25, -0.2) is 4.79 Å². The normalized spacial score (nSPS) is 10.2. The lowest BCUT2D eigenvalue weighted by Gasteiger charge is -1.96. The molecule has 0 N–H and O–H groups in total. The van der Waals surface area contributed by atoms with Crippen LogP contribution >= 0.6 is 0 Å². The minimum Gasteiger partial charge on any atom is -0.211 e. The number of rotatable bonds is 8. The predicted octanol–water partition coefficient (Wildman–Crippen LogP) is 3.59. The Balaban J connectivity index is 3.03. The van der Waals surface area contributed by atoms with Crippen molar-refractivity contribution in [3.63, 3.8) is 0 Å². The van der Waals surface area contributed by atoms with E-state index in [1.165, 1.54) is 50.8 Å². The molecule has 0 saturated carbocycles. The molecule has 2 nitrogen and oxygen atoms in total. The molecule has 0 atom stereocenters. The largest absolute Gasteiger partial charge is 0.239 e. The van der Waals surface area contributed by atoms with Gasteiger partial charge in [-0.15, -0.1) is 0 Å². The van der Waals surface area contributed by atoms with Crippen LogP contribution in [0.4, 0.5) is 0 Å². The van der Waals surface area contributed by atoms with Crippen LogP contribution in [-0.4, -0.2) is 6.08 Å². The van der Waals surface area contributed by atoms with E-state index in [0.717, 1.165) is 6.42 Å². The summed E-state index contributed by atoms with van der Waals surface area (Å²) in [6.45, 7) is 2.22. The van der Waals surface area contributed by atoms with Gasteiger partial charge in [-0.3, -0.25) is 0 Å². The van der Waals surface area contributed by atoms with Crippen LogP contribution in [0.2, 0.25) is 0 Å². The van der Waals surface area contributed by atoms with Gasteiger partial charge < -0.3 is 0 Å². The zero-order valence-electron chi connectivity index (χ0n) is 8.46. The van der Waals surface area contributed by atoms with Gasteiger partial charge in [0.15, 0.2) is 0 Å². The fourth-order valence-corrected chi connectivity index (χ4v) is 1.20. The minimum absolute atomic E-state index is 1.03. The Bertz CT molecular complexity index is 169. The maximum absolute atomic E-state index is 9.67. The highest BCUT2D eigenvalue weighted by atomic mass is 16.1. The first-order chi connectivity index (χ1) is 6.41. The second kappa shape index (κ2) is 11.1. The average molecular weight is 181 g/mol. The Hall–Kier alpha value is -0.880. The monoisotopic (exact) mass is 181 g/mol. The summed E-state index contributed by atoms with van der Waals surface area (Å²) in [6, 6.07) is 0. The third kappa shape index (κ3) is 11.1. The molecule has 0 aromatic rings. The van der Waals surface area contributed by atoms with E-state index in [-0.39, 0.29) is 0 Å². The van der Waals surface area contributed by atoms with Gasteiger partial charge in [0.2, 0.25) is 6.08 Å². The first-order valence-corrected chi connectivity index (χ1v) is 5.13. The zero-order valence-corrected chi connectivity index (χ0v) is 8.46. The van der Waals surface area contributed by atoms with E-state index >= 15 is 0 Å². The summed E-state index contributed by atoms with van der Waals surface area (Å²) < 4.78 is 0. The van der Waals surface area contributed by atoms with Crippen molar-refractivity contribution in [3.05, 3.63) is 12.3 Å². The van der Waals surface area contributed by atoms with Gasteiger partial charge in [0, 0.05) is 6.20 Å². The van der Waals surface area contributed by atoms with Crippen LogP contribution in [0, 0.1) is 0 Å². The van der Waals surface area contributed by atoms with Gasteiger partial charge in [0.1, 0.15) is 0 Å². The third-order valence-electron chi connectivity index (χ3n) is 1.96. The van der Waals surface area contributed by atoms with E-state index in [4.69, 9.17) is 0 Å². The standard InChI is InChI=1S/C11H19NO/c1-2-3-4-5-6-7-8-9-10-12-11-13/h9-10H,2-8H2,1H3. The van der Waals surface area contributed by atoms with Crippen LogP contribution in [0.3, 0.4) is 0 Å². The van der Waals surface area contributed by atoms with Gasteiger partial charge in [-0.1, -0.05) is 45.1 Å². The van der Waals surface area contributed by atoms with Crippen molar-refractivity contribution in [2.24, 2.45) is 4.99 Å². The number of hydrogen-bond acceptors (Lipinski definition) is 2. The van der Waals surface area contributed by atoms with Crippen LogP contribution in [-0.2, 0) is 4.79 Å². The van der Waals surface area contributed by atoms with Crippen molar-refractivity contribution < 1.29 is 4.79 Å². The second-order valence-corrected chi connectivity index (χ2v) is 3.16. The molecule has 0 aliphatic rings. The van der Waals surface area contributed by atoms with Gasteiger partial charge in [-0.05, 0) is 12.8 Å². The van der Waals surface area contributed by atoms with Gasteiger partial charge in [-0.2, -0.15) is 4.99 Å². The van der Waals surface area contributed by atoms with E-state index in [2.05, 4.69) is 11.9 Å². The van der Waals surface area contributed by atoms with Crippen LogP contribution < -0.4 is 0 Å². The molecule has 74 valence electrons. The number of carbonyl (C=O) groups excluding carboxylic acids is 1. The fraction of sp³-hybridized carbons (Fsp3) is 0.727. The number of aliphatic imine (C=N–C) groups is 1. The zero-order chi connectivity index (χ0) is 9.78. The molecule has 0 fully saturated rings. The summed E-state index contributed by atoms with van der Waals surface area (Å²) in [7, 11) is 0. The molecule has 0 radical (unpaired) electrons. The maximum Gasteiger partial charge on any atom is 0.239 e. The Kier molecular flexibility index (Phi) is 10.4. The molecule has 0 unspecified atom stereocenters. The lowest BCUT2D eigenvalue weighted by molar-refractivity contribution is 0.565. The summed E-state index contributed by atoms with van der Waals surface area (Å²) in [5.74, 6) is 0. The predicted molar refractivity (Wildman–Crippen MR) is 55.3 cm³/mol. The summed E-state index contributed by atoms with van der Waals surface area (Å²) in [4.78, 5) is 13.0. The Morgan fingerprint density at radius 3 is 2.54 bits per heavy atom. The molecule has 0 heterocycles. The van der Waals surface area contributed by atoms with Crippen molar-refractivity contribution in [3.8, 4) is 0 Å². The van der Waals surface area contributed by atoms with E-state index in [1.54, 1.807) is 0 Å². The molecular formula is C11H19NO. The van der Waals surface area contributed by atoms with Crippen LogP contribution in [0.1, 0.15) is 51.9 Å². The Morgan fingerprint density at radius 1 is 1.15 bits per heavy atom. The van der Waals surface area contributed by atoms with Crippen LogP contribution in [0.5, 0.6) is 0 Å². The number of unbranched alkanes of at least 4 members (excludes halogenated alkanes) is 6. The summed E-state index contributed by atoms with van der Waals surface area (Å²) >= 11 is 0. The molecule has 0 aromatic heterocycles. The van der Waals surface area contributed by atoms with E-state index in [9.17, 15) is 4.79 Å². The molecule has 2 heteroatoms. The first kappa shape index (κ1) is 12.1.